The van der Waals surface area contributed by atoms with Gasteiger partial charge in [-0.25, -0.2) is 0 Å². The van der Waals surface area contributed by atoms with Crippen LogP contribution in [0.4, 0.5) is 0 Å². The molecule has 1 unspecified atom stereocenters. The molecule has 3 N–H and O–H groups in total. The summed E-state index contributed by atoms with van der Waals surface area (Å²) in [5.41, 5.74) is 12.4. The number of aryl methyl sites for hydroxylation is 2. The number of ether oxygens (including phenoxy) is 1. The average molecular weight is 421 g/mol. The predicted molar refractivity (Wildman–Crippen MR) is 107 cm³/mol. The van der Waals surface area contributed by atoms with Crippen LogP contribution >= 0.6 is 15.9 Å². The maximum absolute atomic E-state index is 9.75. The van der Waals surface area contributed by atoms with E-state index >= 15 is 0 Å². The Morgan fingerprint density at radius 1 is 1.15 bits per heavy atom. The minimum absolute atomic E-state index is 0.0936. The third-order valence-corrected chi connectivity index (χ3v) is 5.47. The monoisotopic (exact) mass is 420 g/mol. The van der Waals surface area contributed by atoms with Gasteiger partial charge in [0.1, 0.15) is 11.6 Å². The molecule has 0 saturated heterocycles. The highest BCUT2D eigenvalue weighted by Gasteiger charge is 2.35. The van der Waals surface area contributed by atoms with E-state index in [1.165, 1.54) is 11.1 Å². The van der Waals surface area contributed by atoms with Crippen LogP contribution in [0.15, 0.2) is 58.4 Å². The first-order valence-electron chi connectivity index (χ1n) is 8.48. The van der Waals surface area contributed by atoms with Gasteiger partial charge >= 0.3 is 0 Å². The number of aromatic nitrogens is 2. The molecule has 4 rings (SSSR count). The summed E-state index contributed by atoms with van der Waals surface area (Å²) >= 11 is 3.46. The number of aromatic amines is 1. The molecule has 1 atom stereocenters. The van der Waals surface area contributed by atoms with Crippen LogP contribution in [0.25, 0.3) is 11.3 Å². The van der Waals surface area contributed by atoms with E-state index < -0.39 is 0 Å². The lowest BCUT2D eigenvalue weighted by atomic mass is 9.83. The largest absolute Gasteiger partial charge is 0.420 e. The van der Waals surface area contributed by atoms with Gasteiger partial charge in [-0.15, -0.1) is 5.10 Å². The van der Waals surface area contributed by atoms with Crippen LogP contribution in [0.1, 0.15) is 28.2 Å². The van der Waals surface area contributed by atoms with E-state index in [0.717, 1.165) is 26.9 Å². The minimum atomic E-state index is -0.345. The number of rotatable bonds is 2. The van der Waals surface area contributed by atoms with Crippen molar-refractivity contribution in [2.75, 3.05) is 0 Å². The Balaban J connectivity index is 1.94. The van der Waals surface area contributed by atoms with Crippen LogP contribution in [-0.4, -0.2) is 10.2 Å². The molecule has 0 saturated carbocycles. The van der Waals surface area contributed by atoms with Gasteiger partial charge in [0.25, 0.3) is 0 Å². The lowest BCUT2D eigenvalue weighted by Crippen LogP contribution is -2.20. The summed E-state index contributed by atoms with van der Waals surface area (Å²) < 4.78 is 6.62. The molecule has 5 nitrogen and oxygen atoms in total. The number of hydrogen-bond donors (Lipinski definition) is 2. The molecule has 0 spiro atoms. The Morgan fingerprint density at radius 3 is 2.56 bits per heavy atom. The van der Waals surface area contributed by atoms with Crippen LogP contribution < -0.4 is 10.5 Å². The number of nitrogens with one attached hydrogen (secondary N) is 1. The van der Waals surface area contributed by atoms with Crippen LogP contribution in [0, 0.1) is 25.2 Å². The highest BCUT2D eigenvalue weighted by Crippen LogP contribution is 2.45. The molecule has 0 radical (unpaired) electrons. The Morgan fingerprint density at radius 2 is 1.89 bits per heavy atom. The molecule has 0 fully saturated rings. The smallest absolute Gasteiger partial charge is 0.244 e. The fourth-order valence-electron chi connectivity index (χ4n) is 3.35. The number of allylic oxidation sites excluding steroid dienone is 1. The summed E-state index contributed by atoms with van der Waals surface area (Å²) in [5, 5.41) is 17.1. The molecule has 6 heteroatoms. The van der Waals surface area contributed by atoms with Crippen molar-refractivity contribution in [1.82, 2.24) is 10.2 Å². The van der Waals surface area contributed by atoms with E-state index in [-0.39, 0.29) is 11.8 Å². The second-order valence-electron chi connectivity index (χ2n) is 6.59. The molecule has 2 aromatic carbocycles. The molecule has 134 valence electrons. The molecule has 1 aromatic heterocycles. The molecule has 3 aromatic rings. The van der Waals surface area contributed by atoms with Crippen molar-refractivity contribution in [3.63, 3.8) is 0 Å². The van der Waals surface area contributed by atoms with Crippen LogP contribution in [0.3, 0.4) is 0 Å². The molecule has 0 bridgehead atoms. The molecule has 2 heterocycles. The Hall–Kier alpha value is -3.04. The van der Waals surface area contributed by atoms with Crippen molar-refractivity contribution >= 4 is 15.9 Å². The number of nitrogens with two attached hydrogens (primary N) is 1. The Labute approximate surface area is 165 Å². The molecule has 1 aliphatic heterocycles. The van der Waals surface area contributed by atoms with Crippen molar-refractivity contribution in [1.29, 1.82) is 5.26 Å². The van der Waals surface area contributed by atoms with Gasteiger partial charge < -0.3 is 10.5 Å². The van der Waals surface area contributed by atoms with Gasteiger partial charge in [-0.1, -0.05) is 40.2 Å². The van der Waals surface area contributed by atoms with Gasteiger partial charge in [0, 0.05) is 10.0 Å². The first kappa shape index (κ1) is 17.4. The summed E-state index contributed by atoms with van der Waals surface area (Å²) in [4.78, 5) is 0. The fraction of sp³-hybridized carbons (Fsp3) is 0.143. The highest BCUT2D eigenvalue weighted by atomic mass is 79.9. The quantitative estimate of drug-likeness (QED) is 0.629. The molecule has 1 aliphatic rings. The Bertz CT molecular complexity index is 1110. The zero-order valence-electron chi connectivity index (χ0n) is 14.9. The fourth-order valence-corrected chi connectivity index (χ4v) is 3.61. The van der Waals surface area contributed by atoms with Crippen molar-refractivity contribution in [3.8, 4) is 23.2 Å². The van der Waals surface area contributed by atoms with E-state index in [9.17, 15) is 5.26 Å². The minimum Gasteiger partial charge on any atom is -0.420 e. The summed E-state index contributed by atoms with van der Waals surface area (Å²) in [6.07, 6.45) is 0. The van der Waals surface area contributed by atoms with Crippen LogP contribution in [0.5, 0.6) is 5.88 Å². The number of nitrogens with zero attached hydrogens (tertiary/aromatic N) is 2. The summed E-state index contributed by atoms with van der Waals surface area (Å²) in [7, 11) is 0. The van der Waals surface area contributed by atoms with E-state index in [4.69, 9.17) is 10.5 Å². The number of nitriles is 1. The van der Waals surface area contributed by atoms with Crippen molar-refractivity contribution in [3.05, 3.63) is 80.6 Å². The van der Waals surface area contributed by atoms with Gasteiger partial charge in [-0.2, -0.15) is 5.26 Å². The maximum Gasteiger partial charge on any atom is 0.244 e. The van der Waals surface area contributed by atoms with Crippen LogP contribution in [-0.2, 0) is 0 Å². The van der Waals surface area contributed by atoms with Crippen molar-refractivity contribution < 1.29 is 4.74 Å². The second kappa shape index (κ2) is 6.60. The Kier molecular flexibility index (Phi) is 4.25. The summed E-state index contributed by atoms with van der Waals surface area (Å²) in [5.74, 6) is 0.158. The van der Waals surface area contributed by atoms with Gasteiger partial charge in [-0.3, -0.25) is 5.10 Å². The molecule has 27 heavy (non-hydrogen) atoms. The highest BCUT2D eigenvalue weighted by molar-refractivity contribution is 9.10. The molecule has 0 aliphatic carbocycles. The summed E-state index contributed by atoms with van der Waals surface area (Å²) in [6.45, 7) is 4.15. The van der Waals surface area contributed by atoms with Gasteiger partial charge in [-0.05, 0) is 48.7 Å². The topological polar surface area (TPSA) is 87.7 Å². The van der Waals surface area contributed by atoms with Gasteiger partial charge in [0.2, 0.25) is 11.8 Å². The second-order valence-corrected chi connectivity index (χ2v) is 7.51. The normalized spacial score (nSPS) is 15.9. The van der Waals surface area contributed by atoms with E-state index in [0.29, 0.717) is 11.5 Å². The third-order valence-electron chi connectivity index (χ3n) is 4.94. The van der Waals surface area contributed by atoms with Crippen molar-refractivity contribution in [2.24, 2.45) is 5.73 Å². The lowest BCUT2D eigenvalue weighted by molar-refractivity contribution is 0.379. The third kappa shape index (κ3) is 2.90. The van der Waals surface area contributed by atoms with Gasteiger partial charge in [0.15, 0.2) is 0 Å². The number of halogens is 1. The molecular weight excluding hydrogens is 404 g/mol. The summed E-state index contributed by atoms with van der Waals surface area (Å²) in [6, 6.07) is 16.3. The molecule has 0 amide bonds. The first-order chi connectivity index (χ1) is 13.0. The van der Waals surface area contributed by atoms with Crippen molar-refractivity contribution in [2.45, 2.75) is 19.8 Å². The standard InChI is InChI=1S/C21H17BrN4O/c1-11-3-4-14(9-12(11)2)19-18-17(13-5-7-15(22)8-6-13)16(10-23)20(24)27-21(18)26-25-19/h3-9,17H,24H2,1-2H3,(H,25,26). The molecular formula is C21H17BrN4O. The number of benzene rings is 2. The van der Waals surface area contributed by atoms with Gasteiger partial charge in [0.05, 0.1) is 17.2 Å². The lowest BCUT2D eigenvalue weighted by Gasteiger charge is -2.24. The first-order valence-corrected chi connectivity index (χ1v) is 9.28. The zero-order valence-corrected chi connectivity index (χ0v) is 16.5. The number of fused-ring (bicyclic) bond motifs is 1. The maximum atomic E-state index is 9.75. The average Bonchev–Trinajstić information content (AvgIpc) is 3.07. The van der Waals surface area contributed by atoms with E-state index in [1.807, 2.05) is 30.3 Å². The number of H-pyrrole nitrogens is 1. The SMILES string of the molecule is Cc1ccc(-c2[nH]nc3c2C(c2ccc(Br)cc2)C(C#N)=C(N)O3)cc1C. The van der Waals surface area contributed by atoms with E-state index in [1.54, 1.807) is 0 Å². The van der Waals surface area contributed by atoms with E-state index in [2.05, 4.69) is 58.2 Å². The number of hydrogen-bond acceptors (Lipinski definition) is 4. The zero-order chi connectivity index (χ0) is 19.1. The van der Waals surface area contributed by atoms with Crippen LogP contribution in [0.2, 0.25) is 0 Å². The predicted octanol–water partition coefficient (Wildman–Crippen LogP) is 4.67.